The molecule has 2 aromatic rings. The van der Waals surface area contributed by atoms with E-state index in [1.165, 1.54) is 10.5 Å². The number of rotatable bonds is 3. The van der Waals surface area contributed by atoms with Crippen LogP contribution in [0.2, 0.25) is 0 Å². The lowest BCUT2D eigenvalue weighted by Crippen LogP contribution is -2.12. The molecule has 0 atom stereocenters. The third kappa shape index (κ3) is 3.38. The van der Waals surface area contributed by atoms with Gasteiger partial charge < -0.3 is 5.32 Å². The van der Waals surface area contributed by atoms with E-state index in [0.717, 1.165) is 11.3 Å². The lowest BCUT2D eigenvalue weighted by Gasteiger charge is -2.07. The molecule has 3 heteroatoms. The first kappa shape index (κ1) is 13.7. The first-order chi connectivity index (χ1) is 9.10. The Morgan fingerprint density at radius 3 is 2.26 bits per heavy atom. The second-order valence-corrected chi connectivity index (χ2v) is 5.36. The number of benzene rings is 2. The van der Waals surface area contributed by atoms with Crippen LogP contribution in [0, 0.1) is 13.8 Å². The van der Waals surface area contributed by atoms with Gasteiger partial charge in [-0.15, -0.1) is 11.8 Å². The highest BCUT2D eigenvalue weighted by Crippen LogP contribution is 2.18. The summed E-state index contributed by atoms with van der Waals surface area (Å²) in [5.41, 5.74) is 3.84. The molecule has 0 saturated carbocycles. The third-order valence-electron chi connectivity index (χ3n) is 3.12. The normalized spacial score (nSPS) is 10.3. The van der Waals surface area contributed by atoms with Crippen molar-refractivity contribution in [3.8, 4) is 0 Å². The molecule has 2 rings (SSSR count). The molecule has 0 aliphatic carbocycles. The van der Waals surface area contributed by atoms with Crippen LogP contribution in [0.4, 0.5) is 5.69 Å². The Bertz CT molecular complexity index is 590. The Morgan fingerprint density at radius 2 is 1.68 bits per heavy atom. The first-order valence-corrected chi connectivity index (χ1v) is 7.35. The van der Waals surface area contributed by atoms with Crippen molar-refractivity contribution in [2.45, 2.75) is 18.7 Å². The van der Waals surface area contributed by atoms with Gasteiger partial charge in [0.2, 0.25) is 0 Å². The molecule has 0 aromatic heterocycles. The summed E-state index contributed by atoms with van der Waals surface area (Å²) in [6.45, 7) is 4.05. The summed E-state index contributed by atoms with van der Waals surface area (Å²) in [6, 6.07) is 13.6. The van der Waals surface area contributed by atoms with Gasteiger partial charge in [-0.05, 0) is 67.6 Å². The number of aryl methyl sites for hydroxylation is 2. The molecule has 0 heterocycles. The van der Waals surface area contributed by atoms with E-state index in [0.29, 0.717) is 5.56 Å². The lowest BCUT2D eigenvalue weighted by atomic mass is 10.1. The molecule has 2 aromatic carbocycles. The van der Waals surface area contributed by atoms with E-state index < -0.39 is 0 Å². The van der Waals surface area contributed by atoms with E-state index in [9.17, 15) is 4.79 Å². The van der Waals surface area contributed by atoms with Crippen molar-refractivity contribution in [3.05, 3.63) is 59.2 Å². The second-order valence-electron chi connectivity index (χ2n) is 4.48. The summed E-state index contributed by atoms with van der Waals surface area (Å²) in [6.07, 6.45) is 2.03. The summed E-state index contributed by atoms with van der Waals surface area (Å²) < 4.78 is 0. The molecule has 1 N–H and O–H groups in total. The van der Waals surface area contributed by atoms with E-state index in [4.69, 9.17) is 0 Å². The van der Waals surface area contributed by atoms with Crippen molar-refractivity contribution >= 4 is 23.4 Å². The minimum Gasteiger partial charge on any atom is -0.322 e. The number of thioether (sulfide) groups is 1. The van der Waals surface area contributed by atoms with E-state index >= 15 is 0 Å². The first-order valence-electron chi connectivity index (χ1n) is 6.13. The fraction of sp³-hybridized carbons (Fsp3) is 0.188. The van der Waals surface area contributed by atoms with Gasteiger partial charge in [0.05, 0.1) is 0 Å². The van der Waals surface area contributed by atoms with Crippen LogP contribution in [0.3, 0.4) is 0 Å². The minimum atomic E-state index is -0.0694. The number of hydrogen-bond donors (Lipinski definition) is 1. The molecular formula is C16H17NOS. The van der Waals surface area contributed by atoms with Crippen LogP contribution < -0.4 is 5.32 Å². The highest BCUT2D eigenvalue weighted by molar-refractivity contribution is 7.98. The van der Waals surface area contributed by atoms with Crippen LogP contribution >= 0.6 is 11.8 Å². The molecule has 0 spiro atoms. The van der Waals surface area contributed by atoms with Crippen molar-refractivity contribution < 1.29 is 4.79 Å². The van der Waals surface area contributed by atoms with E-state index in [-0.39, 0.29) is 5.91 Å². The topological polar surface area (TPSA) is 29.1 Å². The molecule has 0 aliphatic heterocycles. The molecule has 0 bridgehead atoms. The van der Waals surface area contributed by atoms with Gasteiger partial charge in [-0.25, -0.2) is 0 Å². The van der Waals surface area contributed by atoms with Crippen molar-refractivity contribution in [1.82, 2.24) is 0 Å². The van der Waals surface area contributed by atoms with E-state index in [1.54, 1.807) is 11.8 Å². The zero-order valence-electron chi connectivity index (χ0n) is 11.4. The monoisotopic (exact) mass is 271 g/mol. The smallest absolute Gasteiger partial charge is 0.255 e. The number of carbonyl (C=O) groups excluding carboxylic acids is 1. The standard InChI is InChI=1S/C16H17NOS/c1-11-4-5-13(10-12(11)2)16(18)17-14-6-8-15(19-3)9-7-14/h4-10H,1-3H3,(H,17,18). The number of anilines is 1. The Labute approximate surface area is 118 Å². The number of nitrogens with one attached hydrogen (secondary N) is 1. The maximum Gasteiger partial charge on any atom is 0.255 e. The predicted octanol–water partition coefficient (Wildman–Crippen LogP) is 4.28. The molecule has 0 saturated heterocycles. The average molecular weight is 271 g/mol. The largest absolute Gasteiger partial charge is 0.322 e. The van der Waals surface area contributed by atoms with Crippen molar-refractivity contribution in [2.24, 2.45) is 0 Å². The minimum absolute atomic E-state index is 0.0694. The van der Waals surface area contributed by atoms with Crippen LogP contribution in [0.5, 0.6) is 0 Å². The van der Waals surface area contributed by atoms with Crippen molar-refractivity contribution in [2.75, 3.05) is 11.6 Å². The van der Waals surface area contributed by atoms with Gasteiger partial charge in [-0.1, -0.05) is 6.07 Å². The number of amides is 1. The predicted molar refractivity (Wildman–Crippen MR) is 82.1 cm³/mol. The molecule has 2 nitrogen and oxygen atoms in total. The van der Waals surface area contributed by atoms with Crippen LogP contribution in [0.1, 0.15) is 21.5 Å². The fourth-order valence-corrected chi connectivity index (χ4v) is 2.17. The van der Waals surface area contributed by atoms with Crippen LogP contribution in [0.15, 0.2) is 47.4 Å². The molecular weight excluding hydrogens is 254 g/mol. The number of hydrogen-bond acceptors (Lipinski definition) is 2. The van der Waals surface area contributed by atoms with Gasteiger partial charge >= 0.3 is 0 Å². The molecule has 1 amide bonds. The maximum absolute atomic E-state index is 12.1. The molecule has 0 radical (unpaired) electrons. The zero-order chi connectivity index (χ0) is 13.8. The zero-order valence-corrected chi connectivity index (χ0v) is 12.2. The van der Waals surface area contributed by atoms with Crippen molar-refractivity contribution in [3.63, 3.8) is 0 Å². The Kier molecular flexibility index (Phi) is 4.27. The molecule has 0 unspecified atom stereocenters. The SMILES string of the molecule is CSc1ccc(NC(=O)c2ccc(C)c(C)c2)cc1. The Morgan fingerprint density at radius 1 is 1.00 bits per heavy atom. The summed E-state index contributed by atoms with van der Waals surface area (Å²) in [7, 11) is 0. The molecule has 98 valence electrons. The fourth-order valence-electron chi connectivity index (χ4n) is 1.76. The average Bonchev–Trinajstić information content (AvgIpc) is 2.42. The van der Waals surface area contributed by atoms with E-state index in [2.05, 4.69) is 5.32 Å². The van der Waals surface area contributed by atoms with Crippen LogP contribution in [-0.2, 0) is 0 Å². The third-order valence-corrected chi connectivity index (χ3v) is 3.86. The van der Waals surface area contributed by atoms with Crippen LogP contribution in [0.25, 0.3) is 0 Å². The summed E-state index contributed by atoms with van der Waals surface area (Å²) in [4.78, 5) is 13.3. The van der Waals surface area contributed by atoms with E-state index in [1.807, 2.05) is 62.6 Å². The van der Waals surface area contributed by atoms with Gasteiger partial charge in [-0.3, -0.25) is 4.79 Å². The lowest BCUT2D eigenvalue weighted by molar-refractivity contribution is 0.102. The van der Waals surface area contributed by atoms with Crippen molar-refractivity contribution in [1.29, 1.82) is 0 Å². The van der Waals surface area contributed by atoms with Gasteiger partial charge in [0.1, 0.15) is 0 Å². The highest BCUT2D eigenvalue weighted by Gasteiger charge is 2.07. The summed E-state index contributed by atoms with van der Waals surface area (Å²) in [5.74, 6) is -0.0694. The van der Waals surface area contributed by atoms with Gasteiger partial charge in [0.25, 0.3) is 5.91 Å². The highest BCUT2D eigenvalue weighted by atomic mass is 32.2. The second kappa shape index (κ2) is 5.93. The summed E-state index contributed by atoms with van der Waals surface area (Å²) in [5, 5.41) is 2.91. The quantitative estimate of drug-likeness (QED) is 0.844. The Balaban J connectivity index is 2.13. The Hall–Kier alpha value is -1.74. The molecule has 0 aliphatic rings. The van der Waals surface area contributed by atoms with Gasteiger partial charge in [0, 0.05) is 16.1 Å². The molecule has 0 fully saturated rings. The van der Waals surface area contributed by atoms with Gasteiger partial charge in [0.15, 0.2) is 0 Å². The van der Waals surface area contributed by atoms with Crippen LogP contribution in [-0.4, -0.2) is 12.2 Å². The molecule has 19 heavy (non-hydrogen) atoms. The maximum atomic E-state index is 12.1. The number of carbonyl (C=O) groups is 1. The summed E-state index contributed by atoms with van der Waals surface area (Å²) >= 11 is 1.68. The van der Waals surface area contributed by atoms with Gasteiger partial charge in [-0.2, -0.15) is 0 Å².